The molecule has 4 rings (SSSR count). The summed E-state index contributed by atoms with van der Waals surface area (Å²) in [5, 5.41) is 7.83. The number of fused-ring (bicyclic) bond motifs is 1. The predicted molar refractivity (Wildman–Crippen MR) is 105 cm³/mol. The smallest absolute Gasteiger partial charge is 0.262 e. The lowest BCUT2D eigenvalue weighted by molar-refractivity contribution is -0.136. The van der Waals surface area contributed by atoms with E-state index in [1.54, 1.807) is 18.2 Å². The number of anilines is 1. The highest BCUT2D eigenvalue weighted by Crippen LogP contribution is 2.30. The van der Waals surface area contributed by atoms with Crippen molar-refractivity contribution < 1.29 is 19.2 Å². The number of amides is 4. The van der Waals surface area contributed by atoms with Gasteiger partial charge in [-0.05, 0) is 25.0 Å². The summed E-state index contributed by atoms with van der Waals surface area (Å²) in [4.78, 5) is 54.7. The summed E-state index contributed by atoms with van der Waals surface area (Å²) >= 11 is 1.35. The van der Waals surface area contributed by atoms with E-state index in [9.17, 15) is 19.2 Å². The Morgan fingerprint density at radius 2 is 2.10 bits per heavy atom. The van der Waals surface area contributed by atoms with Gasteiger partial charge in [0, 0.05) is 24.4 Å². The lowest BCUT2D eigenvalue weighted by Gasteiger charge is -2.27. The lowest BCUT2D eigenvalue weighted by Crippen LogP contribution is -2.54. The minimum Gasteiger partial charge on any atom is -0.375 e. The summed E-state index contributed by atoms with van der Waals surface area (Å²) in [7, 11) is 0. The minimum atomic E-state index is -0.974. The van der Waals surface area contributed by atoms with Crippen molar-refractivity contribution in [2.45, 2.75) is 38.4 Å². The fourth-order valence-electron chi connectivity index (χ4n) is 3.60. The normalized spacial score (nSPS) is 20.0. The van der Waals surface area contributed by atoms with Crippen LogP contribution in [0.4, 0.5) is 5.13 Å². The van der Waals surface area contributed by atoms with Crippen molar-refractivity contribution in [2.24, 2.45) is 0 Å². The van der Waals surface area contributed by atoms with Gasteiger partial charge in [0.25, 0.3) is 11.8 Å². The molecule has 3 heterocycles. The molecule has 0 spiro atoms. The number of carbonyl (C=O) groups excluding carboxylic acids is 4. The number of hydrogen-bond acceptors (Lipinski definition) is 8. The number of nitrogens with two attached hydrogens (primary N) is 1. The van der Waals surface area contributed by atoms with Gasteiger partial charge in [-0.3, -0.25) is 29.4 Å². The van der Waals surface area contributed by atoms with Crippen LogP contribution in [0.5, 0.6) is 0 Å². The van der Waals surface area contributed by atoms with E-state index < -0.39 is 29.7 Å². The Bertz CT molecular complexity index is 1030. The van der Waals surface area contributed by atoms with Crippen LogP contribution in [-0.4, -0.2) is 39.6 Å². The number of rotatable bonds is 5. The molecule has 2 aliphatic heterocycles. The van der Waals surface area contributed by atoms with Gasteiger partial charge in [0.1, 0.15) is 6.04 Å². The highest BCUT2D eigenvalue weighted by atomic mass is 32.1. The summed E-state index contributed by atoms with van der Waals surface area (Å²) in [5.41, 5.74) is 7.69. The van der Waals surface area contributed by atoms with E-state index in [2.05, 4.69) is 15.6 Å². The first-order valence-corrected chi connectivity index (χ1v) is 10.0. The van der Waals surface area contributed by atoms with Crippen LogP contribution in [-0.2, 0) is 16.1 Å². The molecule has 4 N–H and O–H groups in total. The predicted octanol–water partition coefficient (Wildman–Crippen LogP) is 0.977. The van der Waals surface area contributed by atoms with Crippen LogP contribution < -0.4 is 16.4 Å². The van der Waals surface area contributed by atoms with Gasteiger partial charge in [0.15, 0.2) is 5.13 Å². The molecule has 1 fully saturated rings. The van der Waals surface area contributed by atoms with Gasteiger partial charge < -0.3 is 11.1 Å². The summed E-state index contributed by atoms with van der Waals surface area (Å²) < 4.78 is 0. The molecule has 29 heavy (non-hydrogen) atoms. The van der Waals surface area contributed by atoms with E-state index in [1.807, 2.05) is 12.3 Å². The van der Waals surface area contributed by atoms with Crippen molar-refractivity contribution in [1.29, 1.82) is 0 Å². The molecular formula is C19H19N5O4S. The van der Waals surface area contributed by atoms with Gasteiger partial charge in [-0.25, -0.2) is 4.98 Å². The lowest BCUT2D eigenvalue weighted by atomic mass is 10.0. The van der Waals surface area contributed by atoms with Crippen LogP contribution in [0.2, 0.25) is 0 Å². The van der Waals surface area contributed by atoms with Crippen LogP contribution in [0.3, 0.4) is 0 Å². The van der Waals surface area contributed by atoms with Crippen LogP contribution >= 0.6 is 11.3 Å². The second kappa shape index (κ2) is 7.37. The van der Waals surface area contributed by atoms with Crippen LogP contribution in [0.1, 0.15) is 57.8 Å². The number of aromatic nitrogens is 1. The number of piperidine rings is 1. The first-order chi connectivity index (χ1) is 13.9. The van der Waals surface area contributed by atoms with E-state index in [0.717, 1.165) is 10.6 Å². The molecule has 1 aromatic carbocycles. The second-order valence-electron chi connectivity index (χ2n) is 7.00. The molecule has 0 radical (unpaired) electrons. The largest absolute Gasteiger partial charge is 0.375 e. The van der Waals surface area contributed by atoms with Crippen LogP contribution in [0, 0.1) is 0 Å². The third-order valence-corrected chi connectivity index (χ3v) is 5.83. The van der Waals surface area contributed by atoms with E-state index in [1.165, 1.54) is 11.3 Å². The zero-order valence-electron chi connectivity index (χ0n) is 15.6. The molecule has 0 saturated carbocycles. The van der Waals surface area contributed by atoms with Crippen molar-refractivity contribution in [1.82, 2.24) is 20.5 Å². The van der Waals surface area contributed by atoms with Gasteiger partial charge in [-0.1, -0.05) is 12.1 Å². The maximum atomic E-state index is 13.1. The molecule has 0 bridgehead atoms. The maximum Gasteiger partial charge on any atom is 0.262 e. The third kappa shape index (κ3) is 3.40. The summed E-state index contributed by atoms with van der Waals surface area (Å²) in [6.45, 7) is 2.27. The fraction of sp³-hybridized carbons (Fsp3) is 0.316. The van der Waals surface area contributed by atoms with E-state index in [4.69, 9.17) is 5.73 Å². The Hall–Kier alpha value is -3.11. The van der Waals surface area contributed by atoms with E-state index in [0.29, 0.717) is 22.8 Å². The number of imide groups is 2. The molecule has 4 amide bonds. The number of thiazole rings is 1. The topological polar surface area (TPSA) is 134 Å². The Kier molecular flexibility index (Phi) is 4.89. The van der Waals surface area contributed by atoms with Crippen molar-refractivity contribution in [3.63, 3.8) is 0 Å². The molecule has 9 nitrogen and oxygen atoms in total. The Morgan fingerprint density at radius 1 is 1.31 bits per heavy atom. The molecule has 2 aromatic rings. The Morgan fingerprint density at radius 3 is 2.79 bits per heavy atom. The Balaban J connectivity index is 1.56. The van der Waals surface area contributed by atoms with E-state index in [-0.39, 0.29) is 24.4 Å². The summed E-state index contributed by atoms with van der Waals surface area (Å²) in [5.74, 6) is -2.04. The SMILES string of the molecule is CC(NCc1cccc2c1C(=O)N(C1CCC(=O)NC1=O)C2=O)c1csc(N)n1. The summed E-state index contributed by atoms with van der Waals surface area (Å²) in [6.07, 6.45) is 0.221. The molecule has 2 aliphatic rings. The number of benzene rings is 1. The van der Waals surface area contributed by atoms with Gasteiger partial charge >= 0.3 is 0 Å². The monoisotopic (exact) mass is 413 g/mol. The summed E-state index contributed by atoms with van der Waals surface area (Å²) in [6, 6.07) is 3.99. The van der Waals surface area contributed by atoms with Gasteiger partial charge in [0.2, 0.25) is 11.8 Å². The average Bonchev–Trinajstić information content (AvgIpc) is 3.23. The van der Waals surface area contributed by atoms with Crippen molar-refractivity contribution >= 4 is 40.1 Å². The van der Waals surface area contributed by atoms with Crippen molar-refractivity contribution in [3.05, 3.63) is 46.0 Å². The molecule has 10 heteroatoms. The zero-order valence-corrected chi connectivity index (χ0v) is 16.4. The molecule has 0 aliphatic carbocycles. The minimum absolute atomic E-state index is 0.0898. The van der Waals surface area contributed by atoms with Crippen LogP contribution in [0.25, 0.3) is 0 Å². The second-order valence-corrected chi connectivity index (χ2v) is 7.89. The number of nitrogens with one attached hydrogen (secondary N) is 2. The standard InChI is InChI=1S/C19H19N5O4S/c1-9(12-8-29-19(20)22-12)21-7-10-3-2-4-11-15(10)18(28)24(17(11)27)13-5-6-14(25)23-16(13)26/h2-4,8-9,13,21H,5-7H2,1H3,(H2,20,22)(H,23,25,26). The number of hydrogen-bond donors (Lipinski definition) is 3. The van der Waals surface area contributed by atoms with Crippen molar-refractivity contribution in [3.8, 4) is 0 Å². The fourth-order valence-corrected chi connectivity index (χ4v) is 4.26. The zero-order chi connectivity index (χ0) is 20.7. The highest BCUT2D eigenvalue weighted by molar-refractivity contribution is 7.13. The molecule has 2 unspecified atom stereocenters. The molecule has 1 aromatic heterocycles. The number of nitrogen functional groups attached to an aromatic ring is 1. The first-order valence-electron chi connectivity index (χ1n) is 9.14. The molecule has 2 atom stereocenters. The average molecular weight is 413 g/mol. The maximum absolute atomic E-state index is 13.1. The van der Waals surface area contributed by atoms with Gasteiger partial charge in [0.05, 0.1) is 16.8 Å². The quantitative estimate of drug-likeness (QED) is 0.622. The number of nitrogens with zero attached hydrogens (tertiary/aromatic N) is 2. The van der Waals surface area contributed by atoms with Crippen molar-refractivity contribution in [2.75, 3.05) is 5.73 Å². The van der Waals surface area contributed by atoms with Gasteiger partial charge in [-0.15, -0.1) is 11.3 Å². The van der Waals surface area contributed by atoms with E-state index >= 15 is 0 Å². The van der Waals surface area contributed by atoms with Gasteiger partial charge in [-0.2, -0.15) is 0 Å². The first kappa shape index (κ1) is 19.2. The Labute approximate surface area is 170 Å². The molecular weight excluding hydrogens is 394 g/mol. The molecule has 150 valence electrons. The molecule has 1 saturated heterocycles. The van der Waals surface area contributed by atoms with Crippen LogP contribution in [0.15, 0.2) is 23.6 Å². The highest BCUT2D eigenvalue weighted by Gasteiger charge is 2.45. The third-order valence-electron chi connectivity index (χ3n) is 5.14. The number of carbonyl (C=O) groups is 4.